The largest absolute Gasteiger partial charge is 0.271 e. The van der Waals surface area contributed by atoms with Crippen molar-refractivity contribution in [1.29, 1.82) is 0 Å². The van der Waals surface area contributed by atoms with Crippen LogP contribution in [0.3, 0.4) is 0 Å². The molecule has 0 saturated heterocycles. The number of carbonyl (C=O) groups excluding carboxylic acids is 2. The van der Waals surface area contributed by atoms with Gasteiger partial charge in [0.25, 0.3) is 21.8 Å². The Morgan fingerprint density at radius 3 is 2.24 bits per heavy atom. The first-order valence-electron chi connectivity index (χ1n) is 10.9. The van der Waals surface area contributed by atoms with Gasteiger partial charge in [-0.1, -0.05) is 36.4 Å². The smallest absolute Gasteiger partial charge is 0.262 e. The summed E-state index contributed by atoms with van der Waals surface area (Å²) >= 11 is 1.41. The van der Waals surface area contributed by atoms with E-state index in [-0.39, 0.29) is 22.8 Å². The van der Waals surface area contributed by atoms with E-state index in [0.717, 1.165) is 26.8 Å². The first-order chi connectivity index (χ1) is 16.3. The Morgan fingerprint density at radius 1 is 0.882 bits per heavy atom. The van der Waals surface area contributed by atoms with E-state index >= 15 is 0 Å². The van der Waals surface area contributed by atoms with Crippen LogP contribution in [-0.2, 0) is 22.9 Å². The van der Waals surface area contributed by atoms with Crippen molar-refractivity contribution >= 4 is 48.3 Å². The number of carbonyl (C=O) groups is 2. The molecular formula is C26H20N2O4S2. The van der Waals surface area contributed by atoms with Gasteiger partial charge in [0.2, 0.25) is 0 Å². The standard InChI is InChI=1S/C26H20N2O4S2/c1-15-20-6-4-5-9-23(20)33-24(15)27-34(31,32)19-11-10-16-12-18(13-17(16)14-19)28-25(29)21-7-2-3-8-22(21)26(28)30/h2-11,14,18,27H,12-13H2,1H3. The molecule has 0 radical (unpaired) electrons. The molecule has 8 heteroatoms. The molecule has 34 heavy (non-hydrogen) atoms. The molecule has 1 aliphatic carbocycles. The summed E-state index contributed by atoms with van der Waals surface area (Å²) in [5, 5.41) is 1.63. The van der Waals surface area contributed by atoms with Gasteiger partial charge in [-0.2, -0.15) is 0 Å². The molecule has 6 nitrogen and oxygen atoms in total. The molecular weight excluding hydrogens is 468 g/mol. The molecule has 1 N–H and O–H groups in total. The Balaban J connectivity index is 1.27. The molecule has 3 aromatic carbocycles. The van der Waals surface area contributed by atoms with Gasteiger partial charge >= 0.3 is 0 Å². The molecule has 2 aliphatic rings. The maximum Gasteiger partial charge on any atom is 0.262 e. The minimum Gasteiger partial charge on any atom is -0.271 e. The molecule has 2 heterocycles. The van der Waals surface area contributed by atoms with Gasteiger partial charge in [0.1, 0.15) is 5.00 Å². The normalized spacial score (nSPS) is 17.3. The van der Waals surface area contributed by atoms with E-state index in [2.05, 4.69) is 4.72 Å². The second-order valence-electron chi connectivity index (χ2n) is 8.68. The number of thiophene rings is 1. The van der Waals surface area contributed by atoms with Crippen molar-refractivity contribution in [1.82, 2.24) is 4.90 Å². The molecule has 0 bridgehead atoms. The lowest BCUT2D eigenvalue weighted by Gasteiger charge is -2.21. The number of sulfonamides is 1. The second-order valence-corrected chi connectivity index (χ2v) is 11.4. The van der Waals surface area contributed by atoms with Crippen LogP contribution in [0.15, 0.2) is 71.6 Å². The highest BCUT2D eigenvalue weighted by molar-refractivity contribution is 7.93. The number of benzene rings is 3. The van der Waals surface area contributed by atoms with Crippen molar-refractivity contribution in [2.24, 2.45) is 0 Å². The highest BCUT2D eigenvalue weighted by Gasteiger charge is 2.41. The van der Waals surface area contributed by atoms with Crippen molar-refractivity contribution in [3.8, 4) is 0 Å². The van der Waals surface area contributed by atoms with Crippen molar-refractivity contribution in [3.63, 3.8) is 0 Å². The van der Waals surface area contributed by atoms with Crippen molar-refractivity contribution < 1.29 is 18.0 Å². The van der Waals surface area contributed by atoms with Gasteiger partial charge < -0.3 is 0 Å². The van der Waals surface area contributed by atoms with Crippen LogP contribution in [0.25, 0.3) is 10.1 Å². The third-order valence-corrected chi connectivity index (χ3v) is 9.33. The molecule has 170 valence electrons. The van der Waals surface area contributed by atoms with Crippen LogP contribution >= 0.6 is 11.3 Å². The van der Waals surface area contributed by atoms with Crippen LogP contribution in [0.1, 0.15) is 37.4 Å². The number of amides is 2. The fourth-order valence-corrected chi connectivity index (χ4v) is 7.43. The van der Waals surface area contributed by atoms with Crippen LogP contribution in [-0.4, -0.2) is 31.2 Å². The lowest BCUT2D eigenvalue weighted by molar-refractivity contribution is 0.0590. The van der Waals surface area contributed by atoms with Gasteiger partial charge in [-0.3, -0.25) is 19.2 Å². The van der Waals surface area contributed by atoms with Gasteiger partial charge in [0.15, 0.2) is 0 Å². The zero-order chi connectivity index (χ0) is 23.6. The summed E-state index contributed by atoms with van der Waals surface area (Å²) in [7, 11) is -3.79. The molecule has 1 aromatic heterocycles. The van der Waals surface area contributed by atoms with Gasteiger partial charge in [0, 0.05) is 10.7 Å². The molecule has 1 aliphatic heterocycles. The third-order valence-electron chi connectivity index (χ3n) is 6.66. The number of nitrogens with zero attached hydrogens (tertiary/aromatic N) is 1. The minimum atomic E-state index is -3.79. The molecule has 1 unspecified atom stereocenters. The molecule has 0 spiro atoms. The van der Waals surface area contributed by atoms with Crippen molar-refractivity contribution in [2.75, 3.05) is 4.72 Å². The third kappa shape index (κ3) is 3.17. The molecule has 4 aromatic rings. The van der Waals surface area contributed by atoms with E-state index in [1.807, 2.05) is 31.2 Å². The van der Waals surface area contributed by atoms with Crippen molar-refractivity contribution in [3.05, 3.63) is 94.5 Å². The zero-order valence-electron chi connectivity index (χ0n) is 18.2. The van der Waals surface area contributed by atoms with Crippen LogP contribution in [0.4, 0.5) is 5.00 Å². The van der Waals surface area contributed by atoms with Crippen LogP contribution < -0.4 is 4.72 Å². The van der Waals surface area contributed by atoms with Gasteiger partial charge in [0.05, 0.1) is 16.0 Å². The average molecular weight is 489 g/mol. The number of imide groups is 1. The average Bonchev–Trinajstić information content (AvgIpc) is 3.46. The summed E-state index contributed by atoms with van der Waals surface area (Å²) in [6, 6.07) is 19.4. The summed E-state index contributed by atoms with van der Waals surface area (Å²) in [6.45, 7) is 1.91. The first kappa shape index (κ1) is 21.1. The first-order valence-corrected chi connectivity index (χ1v) is 13.2. The minimum absolute atomic E-state index is 0.172. The van der Waals surface area contributed by atoms with Gasteiger partial charge in [-0.05, 0) is 72.2 Å². The Kier molecular flexibility index (Phi) is 4.65. The quantitative estimate of drug-likeness (QED) is 0.419. The second kappa shape index (κ2) is 7.51. The van der Waals surface area contributed by atoms with Crippen LogP contribution in [0.2, 0.25) is 0 Å². The molecule has 1 atom stereocenters. The van der Waals surface area contributed by atoms with Crippen LogP contribution in [0, 0.1) is 6.92 Å². The molecule has 2 amide bonds. The maximum absolute atomic E-state index is 13.2. The number of rotatable bonds is 4. The fraction of sp³-hybridized carbons (Fsp3) is 0.154. The lowest BCUT2D eigenvalue weighted by Crippen LogP contribution is -2.40. The lowest BCUT2D eigenvalue weighted by atomic mass is 10.1. The molecule has 0 saturated carbocycles. The fourth-order valence-electron chi connectivity index (χ4n) is 4.91. The number of nitrogens with one attached hydrogen (secondary N) is 1. The zero-order valence-corrected chi connectivity index (χ0v) is 19.9. The van der Waals surface area contributed by atoms with E-state index in [0.29, 0.717) is 29.0 Å². The van der Waals surface area contributed by atoms with Crippen molar-refractivity contribution in [2.45, 2.75) is 30.7 Å². The highest BCUT2D eigenvalue weighted by Crippen LogP contribution is 2.37. The number of fused-ring (bicyclic) bond motifs is 3. The molecule has 6 rings (SSSR count). The Hall–Kier alpha value is -3.49. The van der Waals surface area contributed by atoms with E-state index in [1.165, 1.54) is 16.2 Å². The predicted molar refractivity (Wildman–Crippen MR) is 132 cm³/mol. The summed E-state index contributed by atoms with van der Waals surface area (Å²) in [5.74, 6) is -0.568. The summed E-state index contributed by atoms with van der Waals surface area (Å²) in [5.41, 5.74) is 3.55. The Labute approximate surface area is 200 Å². The van der Waals surface area contributed by atoms with E-state index in [1.54, 1.807) is 42.5 Å². The predicted octanol–water partition coefficient (Wildman–Crippen LogP) is 4.77. The number of aryl methyl sites for hydroxylation is 1. The Morgan fingerprint density at radius 2 is 1.53 bits per heavy atom. The SMILES string of the molecule is Cc1c(NS(=O)(=O)c2ccc3c(c2)CC(N2C(=O)c4ccccc4C2=O)C3)sc2ccccc12. The number of hydrogen-bond acceptors (Lipinski definition) is 5. The summed E-state index contributed by atoms with van der Waals surface area (Å²) < 4.78 is 30.2. The van der Waals surface area contributed by atoms with Crippen LogP contribution in [0.5, 0.6) is 0 Å². The topological polar surface area (TPSA) is 83.6 Å². The monoisotopic (exact) mass is 488 g/mol. The Bertz CT molecular complexity index is 1590. The number of hydrogen-bond donors (Lipinski definition) is 1. The van der Waals surface area contributed by atoms with E-state index < -0.39 is 10.0 Å². The molecule has 0 fully saturated rings. The number of anilines is 1. The van der Waals surface area contributed by atoms with E-state index in [9.17, 15) is 18.0 Å². The maximum atomic E-state index is 13.2. The van der Waals surface area contributed by atoms with Gasteiger partial charge in [-0.15, -0.1) is 11.3 Å². The highest BCUT2D eigenvalue weighted by atomic mass is 32.2. The van der Waals surface area contributed by atoms with Gasteiger partial charge in [-0.25, -0.2) is 8.42 Å². The van der Waals surface area contributed by atoms with E-state index in [4.69, 9.17) is 0 Å². The summed E-state index contributed by atoms with van der Waals surface area (Å²) in [6.07, 6.45) is 0.954. The summed E-state index contributed by atoms with van der Waals surface area (Å²) in [4.78, 5) is 27.3.